The van der Waals surface area contributed by atoms with Crippen LogP contribution < -0.4 is 5.56 Å². The van der Waals surface area contributed by atoms with Gasteiger partial charge in [-0.25, -0.2) is 4.98 Å². The average Bonchev–Trinajstić information content (AvgIpc) is 3.02. The van der Waals surface area contributed by atoms with Crippen LogP contribution in [0.1, 0.15) is 27.0 Å². The minimum absolute atomic E-state index is 0.0496. The van der Waals surface area contributed by atoms with Gasteiger partial charge in [-0.2, -0.15) is 0 Å². The predicted octanol–water partition coefficient (Wildman–Crippen LogP) is 5.41. The first-order valence-electron chi connectivity index (χ1n) is 9.50. The van der Waals surface area contributed by atoms with Crippen molar-refractivity contribution in [3.05, 3.63) is 91.3 Å². The van der Waals surface area contributed by atoms with Gasteiger partial charge in [0, 0.05) is 42.2 Å². The van der Waals surface area contributed by atoms with E-state index in [1.807, 2.05) is 36.9 Å². The molecule has 2 aromatic heterocycles. The van der Waals surface area contributed by atoms with Crippen LogP contribution in [0.3, 0.4) is 0 Å². The molecule has 4 aromatic rings. The number of hydrogen-bond acceptors (Lipinski definition) is 4. The summed E-state index contributed by atoms with van der Waals surface area (Å²) in [6.07, 6.45) is 1.91. The van der Waals surface area contributed by atoms with E-state index in [0.717, 1.165) is 11.1 Å². The fourth-order valence-electron chi connectivity index (χ4n) is 3.45. The molecule has 5 nitrogen and oxygen atoms in total. The van der Waals surface area contributed by atoms with Crippen molar-refractivity contribution < 1.29 is 4.79 Å². The van der Waals surface area contributed by atoms with Crippen LogP contribution in [0.15, 0.2) is 58.6 Å². The Morgan fingerprint density at radius 2 is 1.81 bits per heavy atom. The molecule has 0 N–H and O–H groups in total. The second-order valence-corrected chi connectivity index (χ2v) is 9.11. The molecule has 4 rings (SSSR count). The van der Waals surface area contributed by atoms with Crippen molar-refractivity contribution in [2.45, 2.75) is 17.8 Å². The summed E-state index contributed by atoms with van der Waals surface area (Å²) < 4.78 is 3.46. The number of aryl methyl sites for hydroxylation is 2. The van der Waals surface area contributed by atoms with Crippen molar-refractivity contribution in [2.75, 3.05) is 0 Å². The first kappa shape index (κ1) is 21.7. The van der Waals surface area contributed by atoms with Crippen LogP contribution in [0.5, 0.6) is 0 Å². The zero-order valence-corrected chi connectivity index (χ0v) is 19.5. The maximum atomic E-state index is 12.7. The van der Waals surface area contributed by atoms with Crippen molar-refractivity contribution in [1.29, 1.82) is 0 Å². The Hall–Kier alpha value is -2.54. The smallest absolute Gasteiger partial charge is 0.263 e. The van der Waals surface area contributed by atoms with Gasteiger partial charge in [0.25, 0.3) is 5.56 Å². The molecule has 0 radical (unpaired) electrons. The Kier molecular flexibility index (Phi) is 5.97. The number of carbonyl (C=O) groups excluding carboxylic acids is 1. The number of fused-ring (bicyclic) bond motifs is 1. The van der Waals surface area contributed by atoms with E-state index in [1.54, 1.807) is 41.9 Å². The summed E-state index contributed by atoms with van der Waals surface area (Å²) in [6, 6.07) is 12.2. The van der Waals surface area contributed by atoms with Gasteiger partial charge in [-0.3, -0.25) is 14.2 Å². The lowest BCUT2D eigenvalue weighted by molar-refractivity contribution is 0.103. The molecule has 0 aliphatic heterocycles. The van der Waals surface area contributed by atoms with E-state index in [-0.39, 0.29) is 11.3 Å². The second-order valence-electron chi connectivity index (χ2n) is 7.32. The van der Waals surface area contributed by atoms with E-state index in [2.05, 4.69) is 4.98 Å². The Morgan fingerprint density at radius 3 is 2.48 bits per heavy atom. The number of aromatic nitrogens is 3. The number of hydrogen-bond donors (Lipinski definition) is 0. The van der Waals surface area contributed by atoms with E-state index in [4.69, 9.17) is 23.2 Å². The molecule has 0 saturated heterocycles. The Balaban J connectivity index is 1.54. The summed E-state index contributed by atoms with van der Waals surface area (Å²) in [5.41, 5.74) is 3.53. The van der Waals surface area contributed by atoms with Gasteiger partial charge >= 0.3 is 0 Å². The fraction of sp³-hybridized carbons (Fsp3) is 0.174. The van der Waals surface area contributed by atoms with Crippen molar-refractivity contribution in [3.8, 4) is 0 Å². The van der Waals surface area contributed by atoms with Gasteiger partial charge in [0.1, 0.15) is 5.65 Å². The molecule has 2 heterocycles. The lowest BCUT2D eigenvalue weighted by Crippen LogP contribution is -2.20. The summed E-state index contributed by atoms with van der Waals surface area (Å²) in [5, 5.41) is 2.11. The lowest BCUT2D eigenvalue weighted by atomic mass is 10.0. The van der Waals surface area contributed by atoms with E-state index in [9.17, 15) is 9.59 Å². The molecule has 31 heavy (non-hydrogen) atoms. The zero-order chi connectivity index (χ0) is 22.3. The lowest BCUT2D eigenvalue weighted by Gasteiger charge is -2.09. The predicted molar refractivity (Wildman–Crippen MR) is 127 cm³/mol. The first-order chi connectivity index (χ1) is 14.8. The molecule has 0 saturated carbocycles. The quantitative estimate of drug-likeness (QED) is 0.221. The Bertz CT molecular complexity index is 1370. The maximum absolute atomic E-state index is 12.7. The molecule has 158 valence electrons. The largest absolute Gasteiger partial charge is 0.335 e. The second kappa shape index (κ2) is 8.54. The summed E-state index contributed by atoms with van der Waals surface area (Å²) in [6.45, 7) is 1.91. The van der Waals surface area contributed by atoms with Gasteiger partial charge in [0.2, 0.25) is 0 Å². The summed E-state index contributed by atoms with van der Waals surface area (Å²) >= 11 is 13.5. The molecular formula is C23H19Cl2N3O2S. The normalized spacial score (nSPS) is 11.3. The Labute approximate surface area is 193 Å². The maximum Gasteiger partial charge on any atom is 0.263 e. The molecule has 0 spiro atoms. The zero-order valence-electron chi connectivity index (χ0n) is 17.1. The highest BCUT2D eigenvalue weighted by Gasteiger charge is 2.15. The highest BCUT2D eigenvalue weighted by atomic mass is 35.5. The van der Waals surface area contributed by atoms with Crippen LogP contribution in [-0.4, -0.2) is 19.9 Å². The Morgan fingerprint density at radius 1 is 1.10 bits per heavy atom. The number of nitrogens with zero attached hydrogens (tertiary/aromatic N) is 3. The molecule has 0 amide bonds. The average molecular weight is 472 g/mol. The summed E-state index contributed by atoms with van der Waals surface area (Å²) in [7, 11) is 3.63. The third-order valence-electron chi connectivity index (χ3n) is 5.11. The highest BCUT2D eigenvalue weighted by Crippen LogP contribution is 2.26. The minimum Gasteiger partial charge on any atom is -0.335 e. The minimum atomic E-state index is -0.158. The van der Waals surface area contributed by atoms with Gasteiger partial charge in [-0.1, -0.05) is 59.2 Å². The van der Waals surface area contributed by atoms with Gasteiger partial charge in [0.05, 0.1) is 10.4 Å². The van der Waals surface area contributed by atoms with Gasteiger partial charge < -0.3 is 4.57 Å². The fourth-order valence-corrected chi connectivity index (χ4v) is 4.86. The topological polar surface area (TPSA) is 56.9 Å². The van der Waals surface area contributed by atoms with E-state index in [0.29, 0.717) is 43.1 Å². The van der Waals surface area contributed by atoms with Gasteiger partial charge in [-0.15, -0.1) is 0 Å². The molecule has 0 unspecified atom stereocenters. The number of halogens is 2. The molecule has 0 fully saturated rings. The van der Waals surface area contributed by atoms with Crippen LogP contribution in [0.4, 0.5) is 0 Å². The summed E-state index contributed by atoms with van der Waals surface area (Å²) in [5.74, 6) is 0.459. The molecule has 0 bridgehead atoms. The number of ketones is 1. The summed E-state index contributed by atoms with van der Waals surface area (Å²) in [4.78, 5) is 30.1. The van der Waals surface area contributed by atoms with Gasteiger partial charge in [-0.05, 0) is 36.2 Å². The van der Waals surface area contributed by atoms with Crippen molar-refractivity contribution in [2.24, 2.45) is 14.1 Å². The third kappa shape index (κ3) is 4.15. The molecule has 0 aliphatic carbocycles. The highest BCUT2D eigenvalue weighted by molar-refractivity contribution is 7.98. The SMILES string of the molecule is Cc1cn(C)c2nc(SCc3ccc(C(=O)c4ccc(Cl)cc4Cl)cc3)n(C)c(=O)c12. The van der Waals surface area contributed by atoms with Crippen molar-refractivity contribution in [1.82, 2.24) is 14.1 Å². The van der Waals surface area contributed by atoms with E-state index < -0.39 is 0 Å². The third-order valence-corrected chi connectivity index (χ3v) is 6.75. The molecular weight excluding hydrogens is 453 g/mol. The molecule has 0 atom stereocenters. The monoisotopic (exact) mass is 471 g/mol. The van der Waals surface area contributed by atoms with Crippen LogP contribution in [0, 0.1) is 6.92 Å². The van der Waals surface area contributed by atoms with Crippen LogP contribution in [-0.2, 0) is 19.8 Å². The van der Waals surface area contributed by atoms with Gasteiger partial charge in [0.15, 0.2) is 10.9 Å². The van der Waals surface area contributed by atoms with Crippen LogP contribution in [0.2, 0.25) is 10.0 Å². The van der Waals surface area contributed by atoms with Crippen molar-refractivity contribution >= 4 is 51.8 Å². The van der Waals surface area contributed by atoms with E-state index in [1.165, 1.54) is 11.8 Å². The number of rotatable bonds is 5. The standard InChI is InChI=1S/C23H19Cl2N3O2S/c1-13-11-27(2)21-19(13)22(30)28(3)23(26-21)31-12-14-4-6-15(7-5-14)20(29)17-9-8-16(24)10-18(17)25/h4-11H,12H2,1-3H3. The van der Waals surface area contributed by atoms with E-state index >= 15 is 0 Å². The number of thioether (sulfide) groups is 1. The first-order valence-corrected chi connectivity index (χ1v) is 11.2. The van der Waals surface area contributed by atoms with Crippen molar-refractivity contribution in [3.63, 3.8) is 0 Å². The molecule has 0 aliphatic rings. The van der Waals surface area contributed by atoms with Crippen LogP contribution in [0.25, 0.3) is 11.0 Å². The molecule has 8 heteroatoms. The number of benzene rings is 2. The number of carbonyl (C=O) groups is 1. The van der Waals surface area contributed by atoms with Crippen LogP contribution >= 0.6 is 35.0 Å². The molecule has 2 aromatic carbocycles.